The highest BCUT2D eigenvalue weighted by atomic mass is 32.2. The van der Waals surface area contributed by atoms with Crippen LogP contribution in [-0.4, -0.2) is 61.2 Å². The van der Waals surface area contributed by atoms with Crippen LogP contribution in [0.4, 0.5) is 5.82 Å². The third-order valence-electron chi connectivity index (χ3n) is 5.22. The zero-order valence-electron chi connectivity index (χ0n) is 14.3. The molecule has 1 N–H and O–H groups in total. The molecule has 134 valence electrons. The molecule has 0 radical (unpaired) electrons. The molecule has 3 rings (SSSR count). The zero-order valence-corrected chi connectivity index (χ0v) is 16.0. The van der Waals surface area contributed by atoms with Crippen LogP contribution in [0.1, 0.15) is 32.1 Å². The van der Waals surface area contributed by atoms with E-state index in [-0.39, 0.29) is 5.54 Å². The lowest BCUT2D eigenvalue weighted by Crippen LogP contribution is -2.57. The monoisotopic (exact) mass is 369 g/mol. The van der Waals surface area contributed by atoms with Crippen molar-refractivity contribution in [3.8, 4) is 0 Å². The minimum Gasteiger partial charge on any atom is -0.367 e. The van der Waals surface area contributed by atoms with Gasteiger partial charge in [0, 0.05) is 49.1 Å². The molecule has 1 aromatic rings. The first-order valence-electron chi connectivity index (χ1n) is 8.73. The molecule has 2 fully saturated rings. The third-order valence-corrected chi connectivity index (χ3v) is 7.29. The van der Waals surface area contributed by atoms with Crippen LogP contribution >= 0.6 is 11.8 Å². The molecule has 0 unspecified atom stereocenters. The van der Waals surface area contributed by atoms with Gasteiger partial charge in [-0.15, -0.1) is 0 Å². The van der Waals surface area contributed by atoms with Gasteiger partial charge < -0.3 is 5.32 Å². The Bertz CT molecular complexity index is 652. The van der Waals surface area contributed by atoms with Crippen molar-refractivity contribution >= 4 is 27.4 Å². The zero-order chi connectivity index (χ0) is 17.0. The Labute approximate surface area is 149 Å². The summed E-state index contributed by atoms with van der Waals surface area (Å²) in [7, 11) is -3.27. The fourth-order valence-corrected chi connectivity index (χ4v) is 5.63. The van der Waals surface area contributed by atoms with E-state index in [1.165, 1.54) is 49.9 Å². The minimum absolute atomic E-state index is 0.144. The summed E-state index contributed by atoms with van der Waals surface area (Å²) in [4.78, 5) is 7.23. The molecule has 1 saturated carbocycles. The molecule has 24 heavy (non-hydrogen) atoms. The molecule has 0 atom stereocenters. The molecule has 1 aromatic heterocycles. The summed E-state index contributed by atoms with van der Waals surface area (Å²) < 4.78 is 24.0. The average molecular weight is 370 g/mol. The lowest BCUT2D eigenvalue weighted by molar-refractivity contribution is 0.0705. The van der Waals surface area contributed by atoms with Crippen LogP contribution in [0.5, 0.6) is 0 Å². The number of anilines is 1. The number of pyridine rings is 1. The SMILES string of the molecule is CS(=O)(=O)c1cccnc1NCC1(N2CCSCC2)CCCCC1. The summed E-state index contributed by atoms with van der Waals surface area (Å²) in [5.74, 6) is 2.89. The van der Waals surface area contributed by atoms with E-state index in [1.807, 2.05) is 11.8 Å². The Hall–Kier alpha value is -0.790. The maximum Gasteiger partial charge on any atom is 0.179 e. The van der Waals surface area contributed by atoms with Gasteiger partial charge in [-0.25, -0.2) is 13.4 Å². The van der Waals surface area contributed by atoms with Gasteiger partial charge in [0.15, 0.2) is 9.84 Å². The van der Waals surface area contributed by atoms with E-state index in [4.69, 9.17) is 0 Å². The third kappa shape index (κ3) is 4.06. The largest absolute Gasteiger partial charge is 0.367 e. The van der Waals surface area contributed by atoms with E-state index in [2.05, 4.69) is 15.2 Å². The summed E-state index contributed by atoms with van der Waals surface area (Å²) in [6.45, 7) is 3.04. The number of thioether (sulfide) groups is 1. The van der Waals surface area contributed by atoms with Crippen molar-refractivity contribution in [1.82, 2.24) is 9.88 Å². The van der Waals surface area contributed by atoms with E-state index in [1.54, 1.807) is 18.3 Å². The molecule has 5 nitrogen and oxygen atoms in total. The first-order valence-corrected chi connectivity index (χ1v) is 11.8. The van der Waals surface area contributed by atoms with Gasteiger partial charge >= 0.3 is 0 Å². The van der Waals surface area contributed by atoms with E-state index in [0.717, 1.165) is 19.6 Å². The molecule has 0 bridgehead atoms. The van der Waals surface area contributed by atoms with Crippen LogP contribution in [0.25, 0.3) is 0 Å². The highest BCUT2D eigenvalue weighted by Gasteiger charge is 2.38. The van der Waals surface area contributed by atoms with E-state index < -0.39 is 9.84 Å². The fraction of sp³-hybridized carbons (Fsp3) is 0.706. The first-order chi connectivity index (χ1) is 11.5. The lowest BCUT2D eigenvalue weighted by atomic mass is 9.80. The van der Waals surface area contributed by atoms with Gasteiger partial charge in [-0.3, -0.25) is 4.90 Å². The molecule has 1 aliphatic carbocycles. The predicted molar refractivity (Wildman–Crippen MR) is 101 cm³/mol. The second-order valence-corrected chi connectivity index (χ2v) is 10.1. The van der Waals surface area contributed by atoms with Crippen LogP contribution in [0.2, 0.25) is 0 Å². The van der Waals surface area contributed by atoms with Crippen LogP contribution in [0.15, 0.2) is 23.2 Å². The number of sulfone groups is 1. The molecule has 1 saturated heterocycles. The summed E-state index contributed by atoms with van der Waals surface area (Å²) in [5, 5.41) is 3.39. The Morgan fingerprint density at radius 3 is 2.62 bits per heavy atom. The van der Waals surface area contributed by atoms with Crippen molar-refractivity contribution in [2.75, 3.05) is 42.7 Å². The first kappa shape index (κ1) is 18.0. The fourth-order valence-electron chi connectivity index (χ4n) is 3.92. The van der Waals surface area contributed by atoms with Crippen LogP contribution < -0.4 is 5.32 Å². The molecular weight excluding hydrogens is 342 g/mol. The quantitative estimate of drug-likeness (QED) is 0.861. The van der Waals surface area contributed by atoms with Crippen molar-refractivity contribution in [1.29, 1.82) is 0 Å². The van der Waals surface area contributed by atoms with E-state index in [0.29, 0.717) is 10.7 Å². The molecule has 7 heteroatoms. The highest BCUT2D eigenvalue weighted by molar-refractivity contribution is 7.99. The molecular formula is C17H27N3O2S2. The maximum absolute atomic E-state index is 12.0. The van der Waals surface area contributed by atoms with Gasteiger partial charge in [0.05, 0.1) is 0 Å². The number of hydrogen-bond acceptors (Lipinski definition) is 6. The average Bonchev–Trinajstić information content (AvgIpc) is 2.61. The predicted octanol–water partition coefficient (Wildman–Crippen LogP) is 2.65. The number of hydrogen-bond donors (Lipinski definition) is 1. The van der Waals surface area contributed by atoms with Crippen LogP contribution in [0, 0.1) is 0 Å². The van der Waals surface area contributed by atoms with Crippen molar-refractivity contribution < 1.29 is 8.42 Å². The Morgan fingerprint density at radius 1 is 1.25 bits per heavy atom. The topological polar surface area (TPSA) is 62.3 Å². The molecule has 0 aromatic carbocycles. The van der Waals surface area contributed by atoms with Gasteiger partial charge in [-0.05, 0) is 25.0 Å². The van der Waals surface area contributed by atoms with E-state index in [9.17, 15) is 8.42 Å². The van der Waals surface area contributed by atoms with Gasteiger partial charge in [-0.2, -0.15) is 11.8 Å². The Kier molecular flexibility index (Phi) is 5.72. The van der Waals surface area contributed by atoms with Gasteiger partial charge in [0.1, 0.15) is 10.7 Å². The van der Waals surface area contributed by atoms with Gasteiger partial charge in [-0.1, -0.05) is 19.3 Å². The lowest BCUT2D eigenvalue weighted by Gasteiger charge is -2.48. The van der Waals surface area contributed by atoms with Gasteiger partial charge in [0.25, 0.3) is 0 Å². The molecule has 2 heterocycles. The van der Waals surface area contributed by atoms with Crippen molar-refractivity contribution in [3.05, 3.63) is 18.3 Å². The second kappa shape index (κ2) is 7.62. The highest BCUT2D eigenvalue weighted by Crippen LogP contribution is 2.35. The standard InChI is InChI=1S/C17H27N3O2S2/c1-24(21,22)15-6-5-9-18-16(15)19-14-17(7-3-2-4-8-17)20-10-12-23-13-11-20/h5-6,9H,2-4,7-8,10-14H2,1H3,(H,18,19). The summed E-state index contributed by atoms with van der Waals surface area (Å²) in [6.07, 6.45) is 9.09. The van der Waals surface area contributed by atoms with Crippen LogP contribution in [0.3, 0.4) is 0 Å². The maximum atomic E-state index is 12.0. The second-order valence-electron chi connectivity index (χ2n) is 6.86. The van der Waals surface area contributed by atoms with Crippen molar-refractivity contribution in [2.45, 2.75) is 42.5 Å². The molecule has 0 amide bonds. The minimum atomic E-state index is -3.27. The molecule has 2 aliphatic rings. The molecule has 1 aliphatic heterocycles. The Morgan fingerprint density at radius 2 is 1.96 bits per heavy atom. The molecule has 0 spiro atoms. The summed E-state index contributed by atoms with van der Waals surface area (Å²) in [5.41, 5.74) is 0.144. The van der Waals surface area contributed by atoms with Crippen molar-refractivity contribution in [3.63, 3.8) is 0 Å². The van der Waals surface area contributed by atoms with Crippen molar-refractivity contribution in [2.24, 2.45) is 0 Å². The number of nitrogens with zero attached hydrogens (tertiary/aromatic N) is 2. The Balaban J connectivity index is 1.79. The number of nitrogens with one attached hydrogen (secondary N) is 1. The summed E-state index contributed by atoms with van der Waals surface area (Å²) >= 11 is 2.03. The number of rotatable bonds is 5. The van der Waals surface area contributed by atoms with Gasteiger partial charge in [0.2, 0.25) is 0 Å². The van der Waals surface area contributed by atoms with Crippen LogP contribution in [-0.2, 0) is 9.84 Å². The smallest absolute Gasteiger partial charge is 0.179 e. The summed E-state index contributed by atoms with van der Waals surface area (Å²) in [6, 6.07) is 3.32. The normalized spacial score (nSPS) is 22.2. The van der Waals surface area contributed by atoms with E-state index >= 15 is 0 Å². The number of aromatic nitrogens is 1.